The Bertz CT molecular complexity index is 1180. The largest absolute Gasteiger partial charge is 0.453 e. The molecule has 32 heavy (non-hydrogen) atoms. The van der Waals surface area contributed by atoms with Crippen molar-refractivity contribution >= 4 is 33.6 Å². The van der Waals surface area contributed by atoms with E-state index >= 15 is 0 Å². The number of benzene rings is 1. The van der Waals surface area contributed by atoms with Gasteiger partial charge in [0.05, 0.1) is 27.5 Å². The smallest absolute Gasteiger partial charge is 0.272 e. The van der Waals surface area contributed by atoms with Crippen LogP contribution in [0, 0.1) is 15.9 Å². The number of ether oxygens (including phenoxy) is 1. The molecule has 3 aromatic rings. The van der Waals surface area contributed by atoms with Gasteiger partial charge in [-0.1, -0.05) is 0 Å². The highest BCUT2D eigenvalue weighted by molar-refractivity contribution is 7.19. The number of non-ortho nitro benzene ring substituents is 1. The van der Waals surface area contributed by atoms with Gasteiger partial charge in [0.25, 0.3) is 5.69 Å². The average molecular weight is 456 g/mol. The summed E-state index contributed by atoms with van der Waals surface area (Å²) < 4.78 is 20.9. The fourth-order valence-corrected chi connectivity index (χ4v) is 5.17. The topological polar surface area (TPSA) is 84.1 Å². The van der Waals surface area contributed by atoms with Crippen molar-refractivity contribution in [2.24, 2.45) is 4.99 Å². The Morgan fingerprint density at radius 2 is 2.03 bits per heavy atom. The lowest BCUT2D eigenvalue weighted by Gasteiger charge is -2.20. The number of hydrogen-bond acceptors (Lipinski definition) is 8. The van der Waals surface area contributed by atoms with Crippen LogP contribution in [-0.2, 0) is 0 Å². The normalized spacial score (nSPS) is 18.7. The standard InChI is InChI=1S/C22H22FN5O3S/c23-16-11-15(28(29)30)3-4-19(16)31-20-5-6-24-17-12-21(32-22(17)20)18-13-27(14-25-18)10-9-26-7-1-2-8-26/h3-6,11-12,14,18H,1-2,7-10,13H2. The van der Waals surface area contributed by atoms with Crippen LogP contribution in [0.1, 0.15) is 23.8 Å². The molecular weight excluding hydrogens is 433 g/mol. The van der Waals surface area contributed by atoms with E-state index in [1.165, 1.54) is 49.4 Å². The van der Waals surface area contributed by atoms with Crippen molar-refractivity contribution in [3.8, 4) is 11.5 Å². The number of rotatable bonds is 7. The monoisotopic (exact) mass is 455 g/mol. The third kappa shape index (κ3) is 4.28. The number of thiophene rings is 1. The summed E-state index contributed by atoms with van der Waals surface area (Å²) in [5, 5.41) is 10.8. The van der Waals surface area contributed by atoms with Gasteiger partial charge in [-0.3, -0.25) is 20.1 Å². The zero-order valence-electron chi connectivity index (χ0n) is 17.3. The maximum atomic E-state index is 14.3. The van der Waals surface area contributed by atoms with Gasteiger partial charge in [-0.15, -0.1) is 11.3 Å². The van der Waals surface area contributed by atoms with Crippen LogP contribution in [0.4, 0.5) is 10.1 Å². The molecule has 2 aromatic heterocycles. The molecule has 0 aliphatic carbocycles. The Kier molecular flexibility index (Phi) is 5.71. The molecule has 0 spiro atoms. The molecule has 1 unspecified atom stereocenters. The van der Waals surface area contributed by atoms with Gasteiger partial charge in [0, 0.05) is 42.8 Å². The molecule has 2 aliphatic rings. The van der Waals surface area contributed by atoms with Crippen LogP contribution in [-0.4, -0.2) is 58.8 Å². The Labute approximate surface area is 188 Å². The fraction of sp³-hybridized carbons (Fsp3) is 0.364. The van der Waals surface area contributed by atoms with Gasteiger partial charge in [-0.05, 0) is 38.1 Å². The number of aromatic nitrogens is 1. The second kappa shape index (κ2) is 8.79. The number of nitrogens with zero attached hydrogens (tertiary/aromatic N) is 5. The van der Waals surface area contributed by atoms with Crippen molar-refractivity contribution < 1.29 is 14.1 Å². The summed E-state index contributed by atoms with van der Waals surface area (Å²) in [5.74, 6) is -0.383. The second-order valence-electron chi connectivity index (χ2n) is 7.97. The highest BCUT2D eigenvalue weighted by Crippen LogP contribution is 2.39. The number of fused-ring (bicyclic) bond motifs is 1. The molecule has 2 aliphatic heterocycles. The number of nitro benzene ring substituents is 1. The van der Waals surface area contributed by atoms with Crippen LogP contribution >= 0.6 is 11.3 Å². The number of hydrogen-bond donors (Lipinski definition) is 0. The van der Waals surface area contributed by atoms with E-state index < -0.39 is 10.7 Å². The van der Waals surface area contributed by atoms with Crippen molar-refractivity contribution in [2.45, 2.75) is 18.9 Å². The molecule has 0 saturated carbocycles. The van der Waals surface area contributed by atoms with Gasteiger partial charge in [0.1, 0.15) is 11.8 Å². The zero-order chi connectivity index (χ0) is 22.1. The lowest BCUT2D eigenvalue weighted by atomic mass is 10.2. The van der Waals surface area contributed by atoms with Gasteiger partial charge in [-0.25, -0.2) is 4.39 Å². The molecule has 166 valence electrons. The quantitative estimate of drug-likeness (QED) is 0.382. The van der Waals surface area contributed by atoms with Gasteiger partial charge in [0.15, 0.2) is 11.6 Å². The molecular formula is C22H22FN5O3S. The zero-order valence-corrected chi connectivity index (χ0v) is 18.1. The highest BCUT2D eigenvalue weighted by Gasteiger charge is 2.23. The van der Waals surface area contributed by atoms with Crippen LogP contribution in [0.2, 0.25) is 0 Å². The van der Waals surface area contributed by atoms with Crippen LogP contribution in [0.3, 0.4) is 0 Å². The maximum absolute atomic E-state index is 14.3. The molecule has 0 N–H and O–H groups in total. The van der Waals surface area contributed by atoms with Gasteiger partial charge >= 0.3 is 0 Å². The Morgan fingerprint density at radius 1 is 1.19 bits per heavy atom. The lowest BCUT2D eigenvalue weighted by Crippen LogP contribution is -2.32. The fourth-order valence-electron chi connectivity index (χ4n) is 4.06. The minimum absolute atomic E-state index is 0.0386. The van der Waals surface area contributed by atoms with E-state index in [9.17, 15) is 14.5 Å². The second-order valence-corrected chi connectivity index (χ2v) is 9.05. The van der Waals surface area contributed by atoms with Crippen LogP contribution in [0.15, 0.2) is 41.5 Å². The predicted octanol–water partition coefficient (Wildman–Crippen LogP) is 4.62. The average Bonchev–Trinajstić information content (AvgIpc) is 3.53. The van der Waals surface area contributed by atoms with Crippen LogP contribution < -0.4 is 4.74 Å². The predicted molar refractivity (Wildman–Crippen MR) is 121 cm³/mol. The first-order valence-corrected chi connectivity index (χ1v) is 11.4. The van der Waals surface area contributed by atoms with E-state index in [-0.39, 0.29) is 17.5 Å². The van der Waals surface area contributed by atoms with Crippen molar-refractivity contribution in [1.82, 2.24) is 14.8 Å². The minimum Gasteiger partial charge on any atom is -0.453 e. The summed E-state index contributed by atoms with van der Waals surface area (Å²) in [6.07, 6.45) is 6.12. The molecule has 10 heteroatoms. The van der Waals surface area contributed by atoms with E-state index in [0.717, 1.165) is 40.8 Å². The minimum atomic E-state index is -0.782. The summed E-state index contributed by atoms with van der Waals surface area (Å²) in [6, 6.07) is 7.07. The molecule has 5 rings (SSSR count). The molecule has 1 saturated heterocycles. The van der Waals surface area contributed by atoms with E-state index in [2.05, 4.69) is 19.8 Å². The van der Waals surface area contributed by atoms with E-state index in [4.69, 9.17) is 4.74 Å². The van der Waals surface area contributed by atoms with E-state index in [1.54, 1.807) is 12.3 Å². The summed E-state index contributed by atoms with van der Waals surface area (Å²) in [7, 11) is 0. The molecule has 1 atom stereocenters. The molecule has 0 radical (unpaired) electrons. The first-order valence-electron chi connectivity index (χ1n) is 10.6. The highest BCUT2D eigenvalue weighted by atomic mass is 32.1. The number of halogens is 1. The molecule has 1 aromatic carbocycles. The van der Waals surface area contributed by atoms with Crippen molar-refractivity contribution in [2.75, 3.05) is 32.7 Å². The third-order valence-electron chi connectivity index (χ3n) is 5.79. The number of aliphatic imine (C=N–C) groups is 1. The van der Waals surface area contributed by atoms with E-state index in [1.807, 2.05) is 12.4 Å². The summed E-state index contributed by atoms with van der Waals surface area (Å²) in [4.78, 5) is 25.1. The summed E-state index contributed by atoms with van der Waals surface area (Å²) >= 11 is 1.53. The molecule has 0 bridgehead atoms. The van der Waals surface area contributed by atoms with Gasteiger partial charge in [0.2, 0.25) is 0 Å². The maximum Gasteiger partial charge on any atom is 0.272 e. The number of pyridine rings is 1. The Hall–Kier alpha value is -3.11. The van der Waals surface area contributed by atoms with Crippen molar-refractivity contribution in [3.05, 3.63) is 57.3 Å². The summed E-state index contributed by atoms with van der Waals surface area (Å²) in [5.41, 5.74) is 0.442. The lowest BCUT2D eigenvalue weighted by molar-refractivity contribution is -0.385. The Balaban J connectivity index is 1.30. The molecule has 4 heterocycles. The van der Waals surface area contributed by atoms with Gasteiger partial charge < -0.3 is 14.5 Å². The molecule has 8 nitrogen and oxygen atoms in total. The van der Waals surface area contributed by atoms with Crippen LogP contribution in [0.25, 0.3) is 10.2 Å². The van der Waals surface area contributed by atoms with Crippen molar-refractivity contribution in [1.29, 1.82) is 0 Å². The van der Waals surface area contributed by atoms with Gasteiger partial charge in [-0.2, -0.15) is 0 Å². The first-order chi connectivity index (χ1) is 15.6. The van der Waals surface area contributed by atoms with Crippen molar-refractivity contribution in [3.63, 3.8) is 0 Å². The molecule has 0 amide bonds. The third-order valence-corrected chi connectivity index (χ3v) is 7.03. The first kappa shape index (κ1) is 20.8. The van der Waals surface area contributed by atoms with E-state index in [0.29, 0.717) is 5.75 Å². The van der Waals surface area contributed by atoms with Crippen LogP contribution in [0.5, 0.6) is 11.5 Å². The number of nitro groups is 1. The molecule has 1 fully saturated rings. The SMILES string of the molecule is O=[N+]([O-])c1ccc(Oc2ccnc3cc(C4CN(CCN5CCCC5)C=N4)sc23)c(F)c1. The number of likely N-dealkylation sites (tertiary alicyclic amines) is 1. The summed E-state index contributed by atoms with van der Waals surface area (Å²) in [6.45, 7) is 5.24. The Morgan fingerprint density at radius 3 is 2.81 bits per heavy atom.